The Morgan fingerprint density at radius 1 is 1.12 bits per heavy atom. The molecule has 1 N–H and O–H groups in total. The number of esters is 1. The van der Waals surface area contributed by atoms with Crippen molar-refractivity contribution in [1.82, 2.24) is 0 Å². The average Bonchev–Trinajstić information content (AvgIpc) is 2.67. The number of Topliss-reactive ketones (excluding diaryl/α,β-unsaturated/α-hetero) is 1. The summed E-state index contributed by atoms with van der Waals surface area (Å²) in [5.41, 5.74) is 0.913. The molecule has 0 saturated heterocycles. The van der Waals surface area contributed by atoms with Crippen molar-refractivity contribution in [3.63, 3.8) is 0 Å². The average molecular weight is 352 g/mol. The first-order valence-corrected chi connectivity index (χ1v) is 8.20. The number of benzene rings is 2. The molecule has 134 valence electrons. The molecular weight excluding hydrogens is 332 g/mol. The van der Waals surface area contributed by atoms with Crippen LogP contribution >= 0.6 is 0 Å². The standard InChI is InChI=1S/C21H20O5/c1-3-16(18(22)11-9-14-7-5-4-6-8-14)20(24)17-13-15(21(25)26-2)10-12-19(17)23/h4-13,16,23H,3H2,1-2H3/b11-9+. The Hall–Kier alpha value is -3.21. The van der Waals surface area contributed by atoms with Crippen molar-refractivity contribution in [2.45, 2.75) is 13.3 Å². The van der Waals surface area contributed by atoms with Crippen LogP contribution in [0.5, 0.6) is 5.75 Å². The molecule has 2 rings (SSSR count). The second-order valence-electron chi connectivity index (χ2n) is 5.69. The second-order valence-corrected chi connectivity index (χ2v) is 5.69. The Kier molecular flexibility index (Phi) is 6.44. The highest BCUT2D eigenvalue weighted by molar-refractivity contribution is 6.16. The van der Waals surface area contributed by atoms with E-state index in [1.54, 1.807) is 13.0 Å². The third-order valence-corrected chi connectivity index (χ3v) is 3.99. The zero-order valence-electron chi connectivity index (χ0n) is 14.6. The van der Waals surface area contributed by atoms with Crippen LogP contribution in [0.2, 0.25) is 0 Å². The van der Waals surface area contributed by atoms with E-state index in [2.05, 4.69) is 4.74 Å². The van der Waals surface area contributed by atoms with Crippen molar-refractivity contribution >= 4 is 23.6 Å². The fourth-order valence-electron chi connectivity index (χ4n) is 2.54. The van der Waals surface area contributed by atoms with Gasteiger partial charge in [-0.2, -0.15) is 0 Å². The van der Waals surface area contributed by atoms with Crippen LogP contribution in [0.25, 0.3) is 6.08 Å². The molecule has 1 atom stereocenters. The zero-order chi connectivity index (χ0) is 19.1. The molecular formula is C21H20O5. The lowest BCUT2D eigenvalue weighted by Crippen LogP contribution is -2.22. The molecule has 0 aromatic heterocycles. The molecule has 0 saturated carbocycles. The summed E-state index contributed by atoms with van der Waals surface area (Å²) in [4.78, 5) is 36.9. The molecule has 2 aromatic rings. The minimum Gasteiger partial charge on any atom is -0.507 e. The summed E-state index contributed by atoms with van der Waals surface area (Å²) in [6, 6.07) is 13.1. The third-order valence-electron chi connectivity index (χ3n) is 3.99. The molecule has 5 heteroatoms. The van der Waals surface area contributed by atoms with Crippen molar-refractivity contribution < 1.29 is 24.2 Å². The van der Waals surface area contributed by atoms with Crippen LogP contribution in [0.15, 0.2) is 54.6 Å². The lowest BCUT2D eigenvalue weighted by Gasteiger charge is -2.12. The van der Waals surface area contributed by atoms with Gasteiger partial charge in [0.15, 0.2) is 11.6 Å². The number of carbonyl (C=O) groups is 3. The Morgan fingerprint density at radius 3 is 2.42 bits per heavy atom. The summed E-state index contributed by atoms with van der Waals surface area (Å²) < 4.78 is 4.62. The molecule has 0 aliphatic carbocycles. The van der Waals surface area contributed by atoms with Gasteiger partial charge >= 0.3 is 5.97 Å². The van der Waals surface area contributed by atoms with Gasteiger partial charge < -0.3 is 9.84 Å². The normalized spacial score (nSPS) is 11.9. The number of hydrogen-bond acceptors (Lipinski definition) is 5. The number of hydrogen-bond donors (Lipinski definition) is 1. The van der Waals surface area contributed by atoms with E-state index >= 15 is 0 Å². The van der Waals surface area contributed by atoms with Gasteiger partial charge in [-0.25, -0.2) is 4.79 Å². The number of phenolic OH excluding ortho intramolecular Hbond substituents is 1. The van der Waals surface area contributed by atoms with Crippen molar-refractivity contribution in [2.75, 3.05) is 7.11 Å². The van der Waals surface area contributed by atoms with Crippen molar-refractivity contribution in [3.05, 3.63) is 71.3 Å². The van der Waals surface area contributed by atoms with E-state index in [4.69, 9.17) is 0 Å². The molecule has 0 heterocycles. The van der Waals surface area contributed by atoms with Gasteiger partial charge in [-0.3, -0.25) is 9.59 Å². The van der Waals surface area contributed by atoms with Crippen LogP contribution < -0.4 is 0 Å². The number of rotatable bonds is 7. The quantitative estimate of drug-likeness (QED) is 0.356. The third kappa shape index (κ3) is 4.45. The largest absolute Gasteiger partial charge is 0.507 e. The van der Waals surface area contributed by atoms with Gasteiger partial charge in [-0.1, -0.05) is 43.3 Å². The molecule has 0 amide bonds. The van der Waals surface area contributed by atoms with E-state index in [0.717, 1.165) is 5.56 Å². The maximum Gasteiger partial charge on any atom is 0.337 e. The summed E-state index contributed by atoms with van der Waals surface area (Å²) in [6.45, 7) is 1.72. The highest BCUT2D eigenvalue weighted by Crippen LogP contribution is 2.24. The van der Waals surface area contributed by atoms with E-state index < -0.39 is 17.7 Å². The topological polar surface area (TPSA) is 80.7 Å². The van der Waals surface area contributed by atoms with Gasteiger partial charge in [0, 0.05) is 0 Å². The molecule has 0 aliphatic heterocycles. The Balaban J connectivity index is 2.26. The van der Waals surface area contributed by atoms with E-state index in [1.807, 2.05) is 30.3 Å². The highest BCUT2D eigenvalue weighted by atomic mass is 16.5. The maximum atomic E-state index is 12.7. The van der Waals surface area contributed by atoms with E-state index in [-0.39, 0.29) is 29.1 Å². The summed E-state index contributed by atoms with van der Waals surface area (Å²) in [7, 11) is 1.23. The Labute approximate surface area is 151 Å². The van der Waals surface area contributed by atoms with Gasteiger partial charge in [0.05, 0.1) is 24.2 Å². The number of methoxy groups -OCH3 is 1. The molecule has 2 aromatic carbocycles. The molecule has 26 heavy (non-hydrogen) atoms. The van der Waals surface area contributed by atoms with Crippen LogP contribution in [0.1, 0.15) is 39.6 Å². The van der Waals surface area contributed by atoms with Gasteiger partial charge in [0.1, 0.15) is 5.75 Å². The van der Waals surface area contributed by atoms with Crippen LogP contribution in [-0.4, -0.2) is 29.8 Å². The van der Waals surface area contributed by atoms with Gasteiger partial charge in [-0.15, -0.1) is 0 Å². The van der Waals surface area contributed by atoms with Crippen molar-refractivity contribution in [2.24, 2.45) is 5.92 Å². The number of aromatic hydroxyl groups is 1. The molecule has 0 radical (unpaired) electrons. The number of carbonyl (C=O) groups excluding carboxylic acids is 3. The van der Waals surface area contributed by atoms with Crippen LogP contribution in [0.3, 0.4) is 0 Å². The SMILES string of the molecule is CCC(C(=O)/C=C/c1ccccc1)C(=O)c1cc(C(=O)OC)ccc1O. The predicted molar refractivity (Wildman–Crippen MR) is 98.0 cm³/mol. The highest BCUT2D eigenvalue weighted by Gasteiger charge is 2.27. The number of ketones is 2. The minimum atomic E-state index is -0.936. The molecule has 0 spiro atoms. The van der Waals surface area contributed by atoms with Gasteiger partial charge in [0.2, 0.25) is 0 Å². The number of ether oxygens (including phenoxy) is 1. The summed E-state index contributed by atoms with van der Waals surface area (Å²) in [5.74, 6) is -2.72. The molecule has 0 fully saturated rings. The monoisotopic (exact) mass is 352 g/mol. The zero-order valence-corrected chi connectivity index (χ0v) is 14.6. The summed E-state index contributed by atoms with van der Waals surface area (Å²) >= 11 is 0. The summed E-state index contributed by atoms with van der Waals surface area (Å²) in [5, 5.41) is 9.99. The first kappa shape index (κ1) is 19.1. The molecule has 0 bridgehead atoms. The fourth-order valence-corrected chi connectivity index (χ4v) is 2.54. The summed E-state index contributed by atoms with van der Waals surface area (Å²) in [6.07, 6.45) is 3.28. The van der Waals surface area contributed by atoms with Gasteiger partial charge in [-0.05, 0) is 36.3 Å². The number of allylic oxidation sites excluding steroid dienone is 1. The predicted octanol–water partition coefficient (Wildman–Crippen LogP) is 3.67. The van der Waals surface area contributed by atoms with Crippen LogP contribution in [0, 0.1) is 5.92 Å². The van der Waals surface area contributed by atoms with E-state index in [9.17, 15) is 19.5 Å². The van der Waals surface area contributed by atoms with Crippen LogP contribution in [-0.2, 0) is 9.53 Å². The Morgan fingerprint density at radius 2 is 1.81 bits per heavy atom. The maximum absolute atomic E-state index is 12.7. The molecule has 5 nitrogen and oxygen atoms in total. The second kappa shape index (κ2) is 8.76. The van der Waals surface area contributed by atoms with E-state index in [1.165, 1.54) is 31.4 Å². The first-order valence-electron chi connectivity index (χ1n) is 8.20. The van der Waals surface area contributed by atoms with Crippen molar-refractivity contribution in [1.29, 1.82) is 0 Å². The minimum absolute atomic E-state index is 0.0683. The Bertz CT molecular complexity index is 837. The van der Waals surface area contributed by atoms with Crippen LogP contribution in [0.4, 0.5) is 0 Å². The van der Waals surface area contributed by atoms with Gasteiger partial charge in [0.25, 0.3) is 0 Å². The first-order chi connectivity index (χ1) is 12.5. The molecule has 1 unspecified atom stereocenters. The lowest BCUT2D eigenvalue weighted by atomic mass is 9.89. The number of phenols is 1. The lowest BCUT2D eigenvalue weighted by molar-refractivity contribution is -0.116. The molecule has 0 aliphatic rings. The van der Waals surface area contributed by atoms with E-state index in [0.29, 0.717) is 0 Å². The van der Waals surface area contributed by atoms with Crippen molar-refractivity contribution in [3.8, 4) is 5.75 Å². The smallest absolute Gasteiger partial charge is 0.337 e. The fraction of sp³-hybridized carbons (Fsp3) is 0.190.